The maximum atomic E-state index is 12.0. The van der Waals surface area contributed by atoms with Crippen LogP contribution in [0.5, 0.6) is 0 Å². The Kier molecular flexibility index (Phi) is 22.9. The Morgan fingerprint density at radius 3 is 0.893 bits per heavy atom. The molecule has 0 atom stereocenters. The van der Waals surface area contributed by atoms with Crippen LogP contribution in [0, 0.1) is 35.2 Å². The number of rotatable bonds is 6. The fourth-order valence-corrected chi connectivity index (χ4v) is 7.70. The maximum Gasteiger partial charge on any atom is 1.00 e. The zero-order valence-electron chi connectivity index (χ0n) is 17.9. The van der Waals surface area contributed by atoms with E-state index in [9.17, 15) is 22.0 Å². The molecule has 167 valence electrons. The molecule has 10 heteroatoms. The Labute approximate surface area is 186 Å². The fraction of sp³-hybridized carbons (Fsp3) is 0.667. The molecule has 0 amide bonds. The summed E-state index contributed by atoms with van der Waals surface area (Å²) in [4.78, 5) is 0. The van der Waals surface area contributed by atoms with Gasteiger partial charge in [-0.15, -0.1) is 37.8 Å². The van der Waals surface area contributed by atoms with Crippen molar-refractivity contribution in [3.63, 3.8) is 0 Å². The fourth-order valence-electron chi connectivity index (χ4n) is 1.30. The van der Waals surface area contributed by atoms with Crippen molar-refractivity contribution in [3.05, 3.63) is 35.2 Å². The van der Waals surface area contributed by atoms with E-state index in [1.165, 1.54) is 24.6 Å². The molecule has 0 bridgehead atoms. The molecule has 0 nitrogen and oxygen atoms in total. The topological polar surface area (TPSA) is 0 Å². The van der Waals surface area contributed by atoms with E-state index in [1.54, 1.807) is 0 Å². The van der Waals surface area contributed by atoms with Gasteiger partial charge in [-0.25, -0.2) is 13.2 Å². The van der Waals surface area contributed by atoms with Crippen molar-refractivity contribution in [1.29, 1.82) is 0 Å². The van der Waals surface area contributed by atoms with Crippen LogP contribution in [0.3, 0.4) is 0 Å². The van der Waals surface area contributed by atoms with Crippen LogP contribution in [0.2, 0.25) is 0 Å². The molecule has 1 aromatic carbocycles. The van der Waals surface area contributed by atoms with E-state index in [-0.39, 0.29) is 19.5 Å². The predicted octanol–water partition coefficient (Wildman–Crippen LogP) is 7.12. The van der Waals surface area contributed by atoms with Gasteiger partial charge >= 0.3 is 19.5 Å². The molecule has 0 aliphatic carbocycles. The van der Waals surface area contributed by atoms with Gasteiger partial charge in [-0.1, -0.05) is 0 Å². The summed E-state index contributed by atoms with van der Waals surface area (Å²) >= 11 is 0. The smallest absolute Gasteiger partial charge is 0.278 e. The number of hydrogen-bond donors (Lipinski definition) is 0. The molecule has 0 unspecified atom stereocenters. The zero-order valence-corrected chi connectivity index (χ0v) is 23.2. The summed E-state index contributed by atoms with van der Waals surface area (Å²) in [5.74, 6) is -10.0. The van der Waals surface area contributed by atoms with Crippen LogP contribution >= 0.6 is 31.7 Å². The van der Waals surface area contributed by atoms with Crippen LogP contribution < -0.4 is 0 Å². The van der Waals surface area contributed by atoms with Crippen LogP contribution in [0.4, 0.5) is 22.0 Å². The summed E-state index contributed by atoms with van der Waals surface area (Å²) in [5, 5.41) is 0. The van der Waals surface area contributed by atoms with Crippen molar-refractivity contribution in [2.75, 3.05) is 78.0 Å². The summed E-state index contributed by atoms with van der Waals surface area (Å²) in [7, 11) is 1.53. The SMILES string of the molecule is CP(C)CCP(C)C.CP(C)CCP(C)C.Fc1[c-]c(F)c(F)c(F)c1F.[Ru+]. The van der Waals surface area contributed by atoms with E-state index in [4.69, 9.17) is 0 Å². The molecule has 0 aliphatic rings. The van der Waals surface area contributed by atoms with Gasteiger partial charge in [0, 0.05) is 0 Å². The van der Waals surface area contributed by atoms with E-state index >= 15 is 0 Å². The first-order valence-corrected chi connectivity index (χ1v) is 18.0. The third-order valence-electron chi connectivity index (χ3n) is 2.98. The monoisotopic (exact) mass is 569 g/mol. The molecule has 0 aromatic heterocycles. The molecule has 0 heterocycles. The minimum absolute atomic E-state index is 0. The van der Waals surface area contributed by atoms with E-state index in [2.05, 4.69) is 53.3 Å². The zero-order chi connectivity index (χ0) is 21.7. The van der Waals surface area contributed by atoms with E-state index in [0.717, 1.165) is 6.07 Å². The Bertz CT molecular complexity index is 471. The molecule has 0 spiro atoms. The minimum Gasteiger partial charge on any atom is -0.278 e. The number of halogens is 5. The molecule has 0 N–H and O–H groups in total. The summed E-state index contributed by atoms with van der Waals surface area (Å²) in [5.41, 5.74) is 0. The third-order valence-corrected chi connectivity index (χ3v) is 8.16. The second-order valence-corrected chi connectivity index (χ2v) is 17.3. The van der Waals surface area contributed by atoms with E-state index < -0.39 is 29.1 Å². The molecule has 28 heavy (non-hydrogen) atoms. The maximum absolute atomic E-state index is 12.0. The van der Waals surface area contributed by atoms with Gasteiger partial charge in [0.2, 0.25) is 0 Å². The van der Waals surface area contributed by atoms with Gasteiger partial charge in [-0.2, -0.15) is 0 Å². The molecule has 0 saturated carbocycles. The molecule has 0 fully saturated rings. The molecule has 1 radical (unpaired) electrons. The summed E-state index contributed by atoms with van der Waals surface area (Å²) in [6.07, 6.45) is 5.92. The first kappa shape index (κ1) is 33.8. The average molecular weight is 568 g/mol. The van der Waals surface area contributed by atoms with Crippen molar-refractivity contribution in [1.82, 2.24) is 0 Å². The van der Waals surface area contributed by atoms with E-state index in [0.29, 0.717) is 31.7 Å². The van der Waals surface area contributed by atoms with Gasteiger partial charge in [-0.3, -0.25) is 8.78 Å². The van der Waals surface area contributed by atoms with Crippen molar-refractivity contribution in [2.45, 2.75) is 0 Å². The van der Waals surface area contributed by atoms with Crippen LogP contribution in [0.15, 0.2) is 0 Å². The molecule has 1 rings (SSSR count). The summed E-state index contributed by atoms with van der Waals surface area (Å²) in [6, 6.07) is 1.02. The molecular formula is C18H32F5P4Ru. The largest absolute Gasteiger partial charge is 1.00 e. The number of hydrogen-bond acceptors (Lipinski definition) is 0. The predicted molar refractivity (Wildman–Crippen MR) is 120 cm³/mol. The second kappa shape index (κ2) is 18.9. The van der Waals surface area contributed by atoms with Gasteiger partial charge in [0.15, 0.2) is 0 Å². The Morgan fingerprint density at radius 2 is 0.714 bits per heavy atom. The minimum atomic E-state index is -2.17. The van der Waals surface area contributed by atoms with Crippen LogP contribution in [-0.4, -0.2) is 78.0 Å². The van der Waals surface area contributed by atoms with Gasteiger partial charge in [0.1, 0.15) is 0 Å². The Hall–Kier alpha value is 1.21. The normalized spacial score (nSPS) is 10.5. The first-order valence-electron chi connectivity index (χ1n) is 8.29. The van der Waals surface area contributed by atoms with Crippen LogP contribution in [0.1, 0.15) is 0 Å². The van der Waals surface area contributed by atoms with Crippen molar-refractivity contribution in [3.8, 4) is 0 Å². The molecule has 0 aliphatic heterocycles. The standard InChI is InChI=1S/C6F5.2C6H16P2.Ru/c7-2-1-3(8)5(10)6(11)4(2)9;2*1-7(2)5-6-8(3)4;/h;2*5-6H2,1-4H3;/q-1;;;+1. The van der Waals surface area contributed by atoms with Gasteiger partial charge in [0.05, 0.1) is 29.1 Å². The molecule has 0 saturated heterocycles. The van der Waals surface area contributed by atoms with Gasteiger partial charge in [-0.05, 0) is 78.0 Å². The molecular weight excluding hydrogens is 536 g/mol. The first-order chi connectivity index (χ1) is 12.3. The molecule has 1 aromatic rings. The Balaban J connectivity index is -0.000000337. The van der Waals surface area contributed by atoms with Gasteiger partial charge in [0.25, 0.3) is 0 Å². The van der Waals surface area contributed by atoms with Crippen molar-refractivity contribution in [2.24, 2.45) is 0 Å². The summed E-state index contributed by atoms with van der Waals surface area (Å²) < 4.78 is 59.9. The Morgan fingerprint density at radius 1 is 0.500 bits per heavy atom. The van der Waals surface area contributed by atoms with Crippen molar-refractivity contribution < 1.29 is 41.4 Å². The van der Waals surface area contributed by atoms with Crippen LogP contribution in [-0.2, 0) is 19.5 Å². The second-order valence-electron chi connectivity index (χ2n) is 6.91. The summed E-state index contributed by atoms with van der Waals surface area (Å²) in [6.45, 7) is 18.8. The van der Waals surface area contributed by atoms with Crippen LogP contribution in [0.25, 0.3) is 0 Å². The van der Waals surface area contributed by atoms with E-state index in [1.807, 2.05) is 0 Å². The third kappa shape index (κ3) is 19.2. The average Bonchev–Trinajstić information content (AvgIpc) is 2.55. The number of benzene rings is 1. The quantitative estimate of drug-likeness (QED) is 0.0857. The van der Waals surface area contributed by atoms with Gasteiger partial charge < -0.3 is 0 Å². The van der Waals surface area contributed by atoms with Crippen molar-refractivity contribution >= 4 is 31.7 Å².